The maximum atomic E-state index is 12.9. The molecule has 0 saturated heterocycles. The van der Waals surface area contributed by atoms with Crippen LogP contribution in [0.5, 0.6) is 0 Å². The van der Waals surface area contributed by atoms with Crippen molar-refractivity contribution in [3.8, 4) is 11.5 Å². The lowest BCUT2D eigenvalue weighted by atomic mass is 10.2. The molecule has 90 valence electrons. The average Bonchev–Trinajstić information content (AvgIpc) is 2.77. The molecular weight excluding hydrogens is 289 g/mol. The monoisotopic (exact) mass is 299 g/mol. The van der Waals surface area contributed by atoms with E-state index in [9.17, 15) is 4.39 Å². The Labute approximate surface area is 106 Å². The van der Waals surface area contributed by atoms with Crippen LogP contribution in [-0.4, -0.2) is 17.2 Å². The molecule has 0 radical (unpaired) electrons. The van der Waals surface area contributed by atoms with Gasteiger partial charge in [0.2, 0.25) is 11.8 Å². The van der Waals surface area contributed by atoms with E-state index in [0.717, 1.165) is 0 Å². The molecular formula is C11H11BrFN3O. The highest BCUT2D eigenvalue weighted by molar-refractivity contribution is 9.10. The average molecular weight is 300 g/mol. The van der Waals surface area contributed by atoms with Gasteiger partial charge in [-0.25, -0.2) is 4.39 Å². The Morgan fingerprint density at radius 3 is 2.82 bits per heavy atom. The Morgan fingerprint density at radius 2 is 2.18 bits per heavy atom. The molecule has 2 aromatic rings. The van der Waals surface area contributed by atoms with Gasteiger partial charge in [0.05, 0.1) is 11.6 Å². The van der Waals surface area contributed by atoms with E-state index in [-0.39, 0.29) is 11.9 Å². The summed E-state index contributed by atoms with van der Waals surface area (Å²) in [6.45, 7) is 1.91. The molecule has 2 rings (SSSR count). The zero-order chi connectivity index (χ0) is 12.4. The van der Waals surface area contributed by atoms with E-state index in [0.29, 0.717) is 21.8 Å². The Morgan fingerprint density at radius 1 is 1.41 bits per heavy atom. The minimum atomic E-state index is -0.316. The van der Waals surface area contributed by atoms with Gasteiger partial charge in [-0.2, -0.15) is 0 Å². The molecule has 0 aliphatic carbocycles. The van der Waals surface area contributed by atoms with Crippen LogP contribution in [0.1, 0.15) is 18.9 Å². The first-order valence-corrected chi connectivity index (χ1v) is 5.87. The predicted octanol–water partition coefficient (Wildman–Crippen LogP) is 2.92. The summed E-state index contributed by atoms with van der Waals surface area (Å²) in [5, 5.41) is 10.9. The number of halogens is 2. The first kappa shape index (κ1) is 12.2. The number of rotatable bonds is 3. The summed E-state index contributed by atoms with van der Waals surface area (Å²) < 4.78 is 19.0. The minimum absolute atomic E-state index is 0.0181. The number of nitrogens with zero attached hydrogens (tertiary/aromatic N) is 2. The van der Waals surface area contributed by atoms with Gasteiger partial charge in [-0.1, -0.05) is 0 Å². The Hall–Kier alpha value is -1.27. The minimum Gasteiger partial charge on any atom is -0.419 e. The number of aromatic nitrogens is 2. The molecule has 1 unspecified atom stereocenters. The summed E-state index contributed by atoms with van der Waals surface area (Å²) >= 11 is 3.26. The Kier molecular flexibility index (Phi) is 3.54. The third-order valence-corrected chi connectivity index (χ3v) is 3.06. The standard InChI is InChI=1S/C11H11BrFN3O/c1-6(14-2)10-15-16-11(17-10)8-4-3-7(13)5-9(8)12/h3-6,14H,1-2H3. The predicted molar refractivity (Wildman–Crippen MR) is 64.9 cm³/mol. The summed E-state index contributed by atoms with van der Waals surface area (Å²) in [5.41, 5.74) is 0.674. The van der Waals surface area contributed by atoms with E-state index in [1.54, 1.807) is 6.07 Å². The van der Waals surface area contributed by atoms with Crippen LogP contribution in [0.2, 0.25) is 0 Å². The van der Waals surface area contributed by atoms with Crippen molar-refractivity contribution in [2.24, 2.45) is 0 Å². The van der Waals surface area contributed by atoms with Crippen LogP contribution < -0.4 is 5.32 Å². The molecule has 0 fully saturated rings. The topological polar surface area (TPSA) is 51.0 Å². The summed E-state index contributed by atoms with van der Waals surface area (Å²) in [7, 11) is 1.81. The van der Waals surface area contributed by atoms with Gasteiger partial charge in [0.1, 0.15) is 5.82 Å². The molecule has 0 aliphatic rings. The molecule has 0 amide bonds. The third kappa shape index (κ3) is 2.53. The van der Waals surface area contributed by atoms with Gasteiger partial charge >= 0.3 is 0 Å². The fraction of sp³-hybridized carbons (Fsp3) is 0.273. The first-order valence-electron chi connectivity index (χ1n) is 5.08. The van der Waals surface area contributed by atoms with Gasteiger partial charge in [-0.3, -0.25) is 0 Å². The second-order valence-electron chi connectivity index (χ2n) is 3.58. The normalized spacial score (nSPS) is 12.7. The molecule has 1 aromatic carbocycles. The van der Waals surface area contributed by atoms with E-state index in [1.807, 2.05) is 14.0 Å². The van der Waals surface area contributed by atoms with Crippen LogP contribution in [0.15, 0.2) is 27.1 Å². The molecule has 0 aliphatic heterocycles. The highest BCUT2D eigenvalue weighted by Crippen LogP contribution is 2.28. The van der Waals surface area contributed by atoms with E-state index in [4.69, 9.17) is 4.42 Å². The van der Waals surface area contributed by atoms with Crippen LogP contribution in [0.3, 0.4) is 0 Å². The van der Waals surface area contributed by atoms with Crippen molar-refractivity contribution in [2.75, 3.05) is 7.05 Å². The van der Waals surface area contributed by atoms with Crippen molar-refractivity contribution < 1.29 is 8.81 Å². The molecule has 1 atom stereocenters. The largest absolute Gasteiger partial charge is 0.419 e. The molecule has 0 spiro atoms. The van der Waals surface area contributed by atoms with Gasteiger partial charge < -0.3 is 9.73 Å². The first-order chi connectivity index (χ1) is 8.11. The van der Waals surface area contributed by atoms with Gasteiger partial charge in [-0.05, 0) is 48.1 Å². The molecule has 17 heavy (non-hydrogen) atoms. The second-order valence-corrected chi connectivity index (χ2v) is 4.43. The van der Waals surface area contributed by atoms with Crippen LogP contribution >= 0.6 is 15.9 Å². The second kappa shape index (κ2) is 4.93. The maximum absolute atomic E-state index is 12.9. The molecule has 1 heterocycles. The smallest absolute Gasteiger partial charge is 0.248 e. The number of hydrogen-bond donors (Lipinski definition) is 1. The van der Waals surface area contributed by atoms with Gasteiger partial charge in [0.15, 0.2) is 0 Å². The Bertz CT molecular complexity index is 529. The number of nitrogens with one attached hydrogen (secondary N) is 1. The van der Waals surface area contributed by atoms with Crippen molar-refractivity contribution in [2.45, 2.75) is 13.0 Å². The van der Waals surface area contributed by atoms with Crippen molar-refractivity contribution >= 4 is 15.9 Å². The summed E-state index contributed by atoms with van der Waals surface area (Å²) in [6.07, 6.45) is 0. The fourth-order valence-corrected chi connectivity index (χ4v) is 1.83. The van der Waals surface area contributed by atoms with Gasteiger partial charge in [-0.15, -0.1) is 10.2 Å². The Balaban J connectivity index is 2.37. The summed E-state index contributed by atoms with van der Waals surface area (Å²) in [4.78, 5) is 0. The van der Waals surface area contributed by atoms with E-state index in [2.05, 4.69) is 31.4 Å². The van der Waals surface area contributed by atoms with Gasteiger partial charge in [0, 0.05) is 4.47 Å². The van der Waals surface area contributed by atoms with E-state index >= 15 is 0 Å². The van der Waals surface area contributed by atoms with Crippen LogP contribution in [0.25, 0.3) is 11.5 Å². The van der Waals surface area contributed by atoms with Crippen molar-refractivity contribution in [1.29, 1.82) is 0 Å². The maximum Gasteiger partial charge on any atom is 0.248 e. The SMILES string of the molecule is CNC(C)c1nnc(-c2ccc(F)cc2Br)o1. The molecule has 0 bridgehead atoms. The highest BCUT2D eigenvalue weighted by Gasteiger charge is 2.15. The number of benzene rings is 1. The highest BCUT2D eigenvalue weighted by atomic mass is 79.9. The van der Waals surface area contributed by atoms with Gasteiger partial charge in [0.25, 0.3) is 0 Å². The van der Waals surface area contributed by atoms with E-state index < -0.39 is 0 Å². The molecule has 4 nitrogen and oxygen atoms in total. The summed E-state index contributed by atoms with van der Waals surface area (Å²) in [6, 6.07) is 4.29. The third-order valence-electron chi connectivity index (χ3n) is 2.41. The lowest BCUT2D eigenvalue weighted by Crippen LogP contribution is -2.12. The number of hydrogen-bond acceptors (Lipinski definition) is 4. The molecule has 1 N–H and O–H groups in total. The van der Waals surface area contributed by atoms with Crippen molar-refractivity contribution in [3.05, 3.63) is 34.4 Å². The lowest BCUT2D eigenvalue weighted by Gasteiger charge is -2.03. The van der Waals surface area contributed by atoms with Crippen LogP contribution in [0, 0.1) is 5.82 Å². The van der Waals surface area contributed by atoms with Crippen LogP contribution in [-0.2, 0) is 0 Å². The lowest BCUT2D eigenvalue weighted by molar-refractivity contribution is 0.441. The zero-order valence-electron chi connectivity index (χ0n) is 9.37. The molecule has 0 saturated carbocycles. The van der Waals surface area contributed by atoms with Crippen molar-refractivity contribution in [1.82, 2.24) is 15.5 Å². The summed E-state index contributed by atoms with van der Waals surface area (Å²) in [5.74, 6) is 0.552. The zero-order valence-corrected chi connectivity index (χ0v) is 11.0. The van der Waals surface area contributed by atoms with Crippen LogP contribution in [0.4, 0.5) is 4.39 Å². The quantitative estimate of drug-likeness (QED) is 0.947. The molecule has 6 heteroatoms. The van der Waals surface area contributed by atoms with Crippen molar-refractivity contribution in [3.63, 3.8) is 0 Å². The fourth-order valence-electron chi connectivity index (χ4n) is 1.30. The molecule has 1 aromatic heterocycles. The van der Waals surface area contributed by atoms with E-state index in [1.165, 1.54) is 12.1 Å².